The maximum absolute atomic E-state index is 14.1. The zero-order chi connectivity index (χ0) is 28.3. The topological polar surface area (TPSA) is 151 Å². The van der Waals surface area contributed by atoms with Crippen molar-refractivity contribution in [2.75, 3.05) is 16.0 Å². The second-order valence-corrected chi connectivity index (χ2v) is 10.6. The van der Waals surface area contributed by atoms with Gasteiger partial charge in [-0.05, 0) is 50.2 Å². The van der Waals surface area contributed by atoms with Crippen molar-refractivity contribution in [3.8, 4) is 0 Å². The van der Waals surface area contributed by atoms with Crippen LogP contribution in [0.5, 0.6) is 0 Å². The molecule has 2 aliphatic rings. The number of nitrogens with zero attached hydrogens (tertiary/aromatic N) is 4. The molecule has 4 aromatic rings. The van der Waals surface area contributed by atoms with Crippen molar-refractivity contribution in [1.82, 2.24) is 24.9 Å². The van der Waals surface area contributed by atoms with Gasteiger partial charge < -0.3 is 27.0 Å². The van der Waals surface area contributed by atoms with E-state index in [1.54, 1.807) is 0 Å². The van der Waals surface area contributed by atoms with Crippen LogP contribution in [0.1, 0.15) is 60.6 Å². The van der Waals surface area contributed by atoms with E-state index in [4.69, 9.17) is 5.73 Å². The van der Waals surface area contributed by atoms with Gasteiger partial charge in [0.25, 0.3) is 5.91 Å². The van der Waals surface area contributed by atoms with E-state index >= 15 is 0 Å². The lowest BCUT2D eigenvalue weighted by Crippen LogP contribution is -2.44. The molecule has 0 saturated heterocycles. The highest BCUT2D eigenvalue weighted by atomic mass is 19.1. The largest absolute Gasteiger partial charge is 0.379 e. The molecule has 0 spiro atoms. The average Bonchev–Trinajstić information content (AvgIpc) is 3.70. The molecule has 212 valence electrons. The summed E-state index contributed by atoms with van der Waals surface area (Å²) < 4.78 is 15.6. The second kappa shape index (κ2) is 11.5. The van der Waals surface area contributed by atoms with E-state index in [0.29, 0.717) is 17.5 Å². The number of carbonyl (C=O) groups is 2. The first-order valence-electron chi connectivity index (χ1n) is 13.9. The Balaban J connectivity index is 1.14. The molecule has 0 bridgehead atoms. The van der Waals surface area contributed by atoms with E-state index < -0.39 is 17.8 Å². The second-order valence-electron chi connectivity index (χ2n) is 10.6. The van der Waals surface area contributed by atoms with Gasteiger partial charge in [0.1, 0.15) is 11.9 Å². The number of nitrogens with one attached hydrogen (secondary N) is 4. The average molecular weight is 558 g/mol. The van der Waals surface area contributed by atoms with E-state index in [1.807, 2.05) is 36.4 Å². The predicted octanol–water partition coefficient (Wildman–Crippen LogP) is 3.63. The van der Waals surface area contributed by atoms with Crippen LogP contribution in [0.15, 0.2) is 61.1 Å². The Morgan fingerprint density at radius 3 is 2.37 bits per heavy atom. The number of nitrogens with two attached hydrogens (primary N) is 1. The van der Waals surface area contributed by atoms with E-state index in [2.05, 4.69) is 36.3 Å². The van der Waals surface area contributed by atoms with E-state index in [0.717, 1.165) is 56.0 Å². The molecule has 1 aromatic carbocycles. The molecule has 2 fully saturated rings. The minimum Gasteiger partial charge on any atom is -0.379 e. The summed E-state index contributed by atoms with van der Waals surface area (Å²) in [6.07, 6.45) is 9.28. The third-order valence-electron chi connectivity index (χ3n) is 7.52. The van der Waals surface area contributed by atoms with Crippen molar-refractivity contribution >= 4 is 34.7 Å². The van der Waals surface area contributed by atoms with Crippen LogP contribution >= 0.6 is 0 Å². The van der Waals surface area contributed by atoms with Crippen LogP contribution in [0.2, 0.25) is 0 Å². The lowest BCUT2D eigenvalue weighted by molar-refractivity contribution is -0.123. The number of amides is 2. The van der Waals surface area contributed by atoms with Crippen molar-refractivity contribution in [3.63, 3.8) is 0 Å². The van der Waals surface area contributed by atoms with Gasteiger partial charge in [-0.2, -0.15) is 0 Å². The zero-order valence-electron chi connectivity index (χ0n) is 22.4. The number of hydrogen-bond donors (Lipinski definition) is 5. The molecule has 3 heterocycles. The molecule has 0 aliphatic heterocycles. The van der Waals surface area contributed by atoms with Crippen LogP contribution in [0.4, 0.5) is 21.6 Å². The molecular formula is C29H32FN9O2. The minimum absolute atomic E-state index is 0.0270. The maximum atomic E-state index is 14.1. The highest BCUT2D eigenvalue weighted by molar-refractivity contribution is 6.03. The van der Waals surface area contributed by atoms with Crippen molar-refractivity contribution in [2.45, 2.75) is 62.7 Å². The van der Waals surface area contributed by atoms with Crippen LogP contribution in [0.25, 0.3) is 5.65 Å². The quantitative estimate of drug-likeness (QED) is 0.209. The number of carbonyl (C=O) groups excluding carboxylic acids is 2. The van der Waals surface area contributed by atoms with E-state index in [9.17, 15) is 14.0 Å². The van der Waals surface area contributed by atoms with Crippen LogP contribution in [0.3, 0.4) is 0 Å². The smallest absolute Gasteiger partial charge is 0.276 e. The molecule has 2 saturated carbocycles. The number of benzene rings is 1. The first kappa shape index (κ1) is 26.6. The number of rotatable bonds is 9. The molecule has 12 heteroatoms. The normalized spacial score (nSPS) is 19.4. The Morgan fingerprint density at radius 2 is 1.63 bits per heavy atom. The summed E-state index contributed by atoms with van der Waals surface area (Å²) in [4.78, 5) is 33.9. The fourth-order valence-electron chi connectivity index (χ4n) is 5.10. The summed E-state index contributed by atoms with van der Waals surface area (Å²) in [5.74, 6) is -0.737. The summed E-state index contributed by atoms with van der Waals surface area (Å²) in [6.45, 7) is 0. The molecule has 2 aliphatic carbocycles. The number of halogens is 1. The zero-order valence-corrected chi connectivity index (χ0v) is 22.4. The van der Waals surface area contributed by atoms with Crippen molar-refractivity contribution in [1.29, 1.82) is 0 Å². The molecule has 3 aromatic heterocycles. The molecule has 11 nitrogen and oxygen atoms in total. The van der Waals surface area contributed by atoms with Crippen molar-refractivity contribution < 1.29 is 14.0 Å². The van der Waals surface area contributed by atoms with Gasteiger partial charge in [0.2, 0.25) is 5.91 Å². The SMILES string of the molecule is N[C@@H](C(=O)N[C@H]1CC[C@H](Nc2cc(NC3CC3)c3ncc(C(=O)Nc4ccncc4F)n3n2)CC1)c1ccccc1. The third-order valence-corrected chi connectivity index (χ3v) is 7.52. The predicted molar refractivity (Wildman–Crippen MR) is 153 cm³/mol. The van der Waals surface area contributed by atoms with Gasteiger partial charge in [0.15, 0.2) is 17.2 Å². The summed E-state index contributed by atoms with van der Waals surface area (Å²) in [7, 11) is 0. The van der Waals surface area contributed by atoms with Gasteiger partial charge in [0, 0.05) is 30.4 Å². The van der Waals surface area contributed by atoms with Gasteiger partial charge in [-0.15, -0.1) is 5.10 Å². The lowest BCUT2D eigenvalue weighted by atomic mass is 9.90. The van der Waals surface area contributed by atoms with Crippen LogP contribution < -0.4 is 27.0 Å². The van der Waals surface area contributed by atoms with Crippen LogP contribution in [-0.4, -0.2) is 49.5 Å². The van der Waals surface area contributed by atoms with Gasteiger partial charge in [-0.1, -0.05) is 30.3 Å². The summed E-state index contributed by atoms with van der Waals surface area (Å²) in [5.41, 5.74) is 8.45. The molecule has 2 amide bonds. The van der Waals surface area contributed by atoms with E-state index in [1.165, 1.54) is 23.0 Å². The Morgan fingerprint density at radius 1 is 0.927 bits per heavy atom. The molecule has 41 heavy (non-hydrogen) atoms. The maximum Gasteiger partial charge on any atom is 0.276 e. The molecular weight excluding hydrogens is 525 g/mol. The molecule has 0 radical (unpaired) electrons. The van der Waals surface area contributed by atoms with Crippen LogP contribution in [0, 0.1) is 5.82 Å². The van der Waals surface area contributed by atoms with E-state index in [-0.39, 0.29) is 29.4 Å². The standard InChI is InChI=1S/C29H32FN9O2/c30-21-15-32-13-12-22(21)37-28(40)24-16-33-27-23(34-18-6-7-18)14-25(38-39(24)27)35-19-8-10-20(11-9-19)36-29(41)26(31)17-4-2-1-3-5-17/h1-5,12-16,18-20,26,34H,6-11,31H2,(H,35,38)(H,36,41)(H,32,37,40)/t19-,20-,26-/m1/s1. The molecule has 1 atom stereocenters. The Hall–Kier alpha value is -4.58. The fraction of sp³-hybridized carbons (Fsp3) is 0.345. The number of imidazole rings is 1. The highest BCUT2D eigenvalue weighted by Crippen LogP contribution is 2.30. The Bertz CT molecular complexity index is 1550. The number of pyridine rings is 1. The number of hydrogen-bond acceptors (Lipinski definition) is 8. The number of aromatic nitrogens is 4. The Kier molecular flexibility index (Phi) is 7.47. The number of fused-ring (bicyclic) bond motifs is 1. The first-order valence-corrected chi connectivity index (χ1v) is 13.9. The van der Waals surface area contributed by atoms with Crippen molar-refractivity contribution in [3.05, 3.63) is 78.1 Å². The van der Waals surface area contributed by atoms with Gasteiger partial charge in [-0.3, -0.25) is 14.6 Å². The van der Waals surface area contributed by atoms with Gasteiger partial charge in [-0.25, -0.2) is 13.9 Å². The summed E-state index contributed by atoms with van der Waals surface area (Å²) >= 11 is 0. The lowest BCUT2D eigenvalue weighted by Gasteiger charge is -2.30. The summed E-state index contributed by atoms with van der Waals surface area (Å²) in [6, 6.07) is 12.5. The molecule has 0 unspecified atom stereocenters. The van der Waals surface area contributed by atoms with Gasteiger partial charge in [0.05, 0.1) is 23.8 Å². The first-order chi connectivity index (χ1) is 19.9. The molecule has 6 N–H and O–H groups in total. The number of anilines is 3. The summed E-state index contributed by atoms with van der Waals surface area (Å²) in [5, 5.41) is 17.3. The highest BCUT2D eigenvalue weighted by Gasteiger charge is 2.27. The fourth-order valence-corrected chi connectivity index (χ4v) is 5.10. The molecule has 6 rings (SSSR count). The van der Waals surface area contributed by atoms with Crippen LogP contribution in [-0.2, 0) is 4.79 Å². The van der Waals surface area contributed by atoms with Gasteiger partial charge >= 0.3 is 0 Å². The Labute approximate surface area is 236 Å². The van der Waals surface area contributed by atoms with Crippen molar-refractivity contribution in [2.24, 2.45) is 5.73 Å². The third kappa shape index (κ3) is 6.12. The monoisotopic (exact) mass is 557 g/mol. The minimum atomic E-state index is -0.697.